The van der Waals surface area contributed by atoms with E-state index in [4.69, 9.17) is 9.84 Å². The molecule has 1 aromatic rings. The molecule has 1 N–H and O–H groups in total. The van der Waals surface area contributed by atoms with Gasteiger partial charge in [-0.25, -0.2) is 9.59 Å². The lowest BCUT2D eigenvalue weighted by molar-refractivity contribution is 0.0177. The van der Waals surface area contributed by atoms with Crippen LogP contribution in [0.4, 0.5) is 4.79 Å². The summed E-state index contributed by atoms with van der Waals surface area (Å²) in [5, 5.41) is 9.11. The molecule has 5 nitrogen and oxygen atoms in total. The lowest BCUT2D eigenvalue weighted by Crippen LogP contribution is -2.34. The Bertz CT molecular complexity index is 617. The molecular formula is C16H19NO4. The second-order valence-corrected chi connectivity index (χ2v) is 6.65. The molecule has 1 aromatic carbocycles. The van der Waals surface area contributed by atoms with Crippen LogP contribution in [0.5, 0.6) is 0 Å². The van der Waals surface area contributed by atoms with E-state index < -0.39 is 11.6 Å². The number of benzene rings is 1. The van der Waals surface area contributed by atoms with Gasteiger partial charge in [-0.1, -0.05) is 6.07 Å². The zero-order chi connectivity index (χ0) is 15.4. The second kappa shape index (κ2) is 4.48. The number of carbonyl (C=O) groups is 2. The van der Waals surface area contributed by atoms with Crippen LogP contribution in [0.2, 0.25) is 0 Å². The molecule has 2 atom stereocenters. The number of hydrogen-bond acceptors (Lipinski definition) is 3. The molecule has 2 heterocycles. The largest absolute Gasteiger partial charge is 0.478 e. The van der Waals surface area contributed by atoms with Crippen molar-refractivity contribution in [2.45, 2.75) is 51.3 Å². The van der Waals surface area contributed by atoms with Crippen molar-refractivity contribution >= 4 is 12.1 Å². The summed E-state index contributed by atoms with van der Waals surface area (Å²) in [5.74, 6) is -0.940. The van der Waals surface area contributed by atoms with Gasteiger partial charge < -0.3 is 9.84 Å². The quantitative estimate of drug-likeness (QED) is 0.859. The lowest BCUT2D eigenvalue weighted by Gasteiger charge is -2.27. The van der Waals surface area contributed by atoms with Gasteiger partial charge in [0.2, 0.25) is 0 Å². The number of aromatic carboxylic acids is 1. The molecule has 1 fully saturated rings. The first-order valence-electron chi connectivity index (χ1n) is 7.16. The van der Waals surface area contributed by atoms with Gasteiger partial charge in [0.15, 0.2) is 0 Å². The van der Waals surface area contributed by atoms with Crippen molar-refractivity contribution in [2.75, 3.05) is 0 Å². The van der Waals surface area contributed by atoms with E-state index in [1.165, 1.54) is 0 Å². The van der Waals surface area contributed by atoms with Crippen LogP contribution in [0, 0.1) is 0 Å². The van der Waals surface area contributed by atoms with Crippen molar-refractivity contribution in [3.8, 4) is 0 Å². The third-order valence-corrected chi connectivity index (χ3v) is 4.04. The fraction of sp³-hybridized carbons (Fsp3) is 0.500. The van der Waals surface area contributed by atoms with Crippen molar-refractivity contribution in [3.63, 3.8) is 0 Å². The van der Waals surface area contributed by atoms with E-state index in [2.05, 4.69) is 0 Å². The first-order chi connectivity index (χ1) is 9.78. The van der Waals surface area contributed by atoms with Gasteiger partial charge in [0.25, 0.3) is 0 Å². The molecule has 0 spiro atoms. The summed E-state index contributed by atoms with van der Waals surface area (Å²) in [6, 6.07) is 5.09. The van der Waals surface area contributed by atoms with Gasteiger partial charge in [-0.05, 0) is 56.9 Å². The van der Waals surface area contributed by atoms with Gasteiger partial charge in [-0.3, -0.25) is 4.90 Å². The highest BCUT2D eigenvalue weighted by Crippen LogP contribution is 2.53. The molecule has 1 saturated heterocycles. The fourth-order valence-corrected chi connectivity index (χ4v) is 3.29. The topological polar surface area (TPSA) is 66.8 Å². The Morgan fingerprint density at radius 2 is 1.81 bits per heavy atom. The van der Waals surface area contributed by atoms with Crippen LogP contribution in [0.1, 0.15) is 67.2 Å². The van der Waals surface area contributed by atoms with Crippen LogP contribution in [0.3, 0.4) is 0 Å². The number of carboxylic acids is 1. The van der Waals surface area contributed by atoms with E-state index in [0.717, 1.165) is 24.0 Å². The average molecular weight is 289 g/mol. The minimum Gasteiger partial charge on any atom is -0.478 e. The van der Waals surface area contributed by atoms with Crippen LogP contribution in [0.25, 0.3) is 0 Å². The van der Waals surface area contributed by atoms with Crippen molar-refractivity contribution in [1.29, 1.82) is 0 Å². The third-order valence-electron chi connectivity index (χ3n) is 4.04. The van der Waals surface area contributed by atoms with E-state index in [0.29, 0.717) is 0 Å². The Morgan fingerprint density at radius 1 is 1.19 bits per heavy atom. The molecule has 3 rings (SSSR count). The molecular weight excluding hydrogens is 270 g/mol. The lowest BCUT2D eigenvalue weighted by atomic mass is 9.90. The number of amides is 1. The number of carboxylic acid groups (broad SMARTS) is 1. The fourth-order valence-electron chi connectivity index (χ4n) is 3.29. The van der Waals surface area contributed by atoms with Gasteiger partial charge in [-0.15, -0.1) is 0 Å². The van der Waals surface area contributed by atoms with Crippen LogP contribution in [-0.4, -0.2) is 27.7 Å². The summed E-state index contributed by atoms with van der Waals surface area (Å²) < 4.78 is 5.48. The van der Waals surface area contributed by atoms with Crippen molar-refractivity contribution < 1.29 is 19.4 Å². The molecule has 0 aliphatic carbocycles. The Hall–Kier alpha value is -2.04. The van der Waals surface area contributed by atoms with E-state index in [9.17, 15) is 9.59 Å². The first-order valence-corrected chi connectivity index (χ1v) is 7.16. The highest BCUT2D eigenvalue weighted by Gasteiger charge is 2.47. The molecule has 2 aliphatic rings. The van der Waals surface area contributed by atoms with Crippen LogP contribution in [-0.2, 0) is 4.74 Å². The molecule has 2 bridgehead atoms. The van der Waals surface area contributed by atoms with Gasteiger partial charge in [0, 0.05) is 0 Å². The minimum absolute atomic E-state index is 0.0164. The number of ether oxygens (including phenoxy) is 1. The third kappa shape index (κ3) is 2.26. The summed E-state index contributed by atoms with van der Waals surface area (Å²) in [7, 11) is 0. The molecule has 1 amide bonds. The number of nitrogens with zero attached hydrogens (tertiary/aromatic N) is 1. The Morgan fingerprint density at radius 3 is 2.38 bits per heavy atom. The van der Waals surface area contributed by atoms with Crippen molar-refractivity contribution in [1.82, 2.24) is 4.90 Å². The summed E-state index contributed by atoms with van der Waals surface area (Å²) >= 11 is 0. The maximum absolute atomic E-state index is 12.4. The maximum atomic E-state index is 12.4. The summed E-state index contributed by atoms with van der Waals surface area (Å²) in [5.41, 5.74) is 1.75. The van der Waals surface area contributed by atoms with Crippen LogP contribution >= 0.6 is 0 Å². The average Bonchev–Trinajstić information content (AvgIpc) is 2.92. The van der Waals surface area contributed by atoms with E-state index in [1.807, 2.05) is 26.8 Å². The normalized spacial score (nSPS) is 23.1. The highest BCUT2D eigenvalue weighted by molar-refractivity contribution is 5.88. The summed E-state index contributed by atoms with van der Waals surface area (Å²) in [6.07, 6.45) is 1.45. The second-order valence-electron chi connectivity index (χ2n) is 6.65. The van der Waals surface area contributed by atoms with Gasteiger partial charge in [-0.2, -0.15) is 0 Å². The Labute approximate surface area is 123 Å². The van der Waals surface area contributed by atoms with E-state index in [1.54, 1.807) is 17.0 Å². The van der Waals surface area contributed by atoms with E-state index >= 15 is 0 Å². The maximum Gasteiger partial charge on any atom is 0.411 e. The Kier molecular flexibility index (Phi) is 2.97. The van der Waals surface area contributed by atoms with Gasteiger partial charge in [0.1, 0.15) is 5.60 Å². The molecule has 2 aliphatic heterocycles. The Balaban J connectivity index is 1.92. The molecule has 0 aromatic heterocycles. The molecule has 21 heavy (non-hydrogen) atoms. The number of fused-ring (bicyclic) bond motifs is 5. The molecule has 2 unspecified atom stereocenters. The predicted molar refractivity (Wildman–Crippen MR) is 76.2 cm³/mol. The zero-order valence-electron chi connectivity index (χ0n) is 12.4. The van der Waals surface area contributed by atoms with Crippen LogP contribution < -0.4 is 0 Å². The van der Waals surface area contributed by atoms with E-state index in [-0.39, 0.29) is 23.7 Å². The van der Waals surface area contributed by atoms with Crippen molar-refractivity contribution in [2.24, 2.45) is 0 Å². The molecule has 5 heteroatoms. The summed E-state index contributed by atoms with van der Waals surface area (Å²) in [6.45, 7) is 5.54. The van der Waals surface area contributed by atoms with Crippen LogP contribution in [0.15, 0.2) is 18.2 Å². The predicted octanol–water partition coefficient (Wildman–Crippen LogP) is 3.51. The molecule has 112 valence electrons. The molecule has 0 saturated carbocycles. The summed E-state index contributed by atoms with van der Waals surface area (Å²) in [4.78, 5) is 25.3. The molecule has 0 radical (unpaired) electrons. The monoisotopic (exact) mass is 289 g/mol. The van der Waals surface area contributed by atoms with Gasteiger partial charge >= 0.3 is 12.1 Å². The number of rotatable bonds is 1. The number of carbonyl (C=O) groups excluding carboxylic acids is 1. The first kappa shape index (κ1) is 13.9. The number of hydrogen-bond donors (Lipinski definition) is 1. The standard InChI is InChI=1S/C16H19NO4/c1-16(2,3)21-15(20)17-12-6-7-13(17)11-8-9(14(18)19)4-5-10(11)12/h4-5,8,12-13H,6-7H2,1-3H3,(H,18,19). The smallest absolute Gasteiger partial charge is 0.411 e. The highest BCUT2D eigenvalue weighted by atomic mass is 16.6. The SMILES string of the molecule is CC(C)(C)OC(=O)N1C2CCC1c1cc(C(=O)O)ccc12. The van der Waals surface area contributed by atoms with Crippen molar-refractivity contribution in [3.05, 3.63) is 34.9 Å². The zero-order valence-corrected chi connectivity index (χ0v) is 12.4. The van der Waals surface area contributed by atoms with Gasteiger partial charge in [0.05, 0.1) is 17.6 Å². The minimum atomic E-state index is -0.940.